The van der Waals surface area contributed by atoms with Crippen molar-refractivity contribution in [1.82, 2.24) is 4.31 Å². The molecule has 1 aliphatic rings. The summed E-state index contributed by atoms with van der Waals surface area (Å²) in [6.45, 7) is 2.64. The Labute approximate surface area is 103 Å². The zero-order valence-corrected chi connectivity index (χ0v) is 11.1. The molecular formula is C10H21NO5S. The summed E-state index contributed by atoms with van der Waals surface area (Å²) in [5.74, 6) is 0.0727. The molecule has 2 unspecified atom stereocenters. The van der Waals surface area contributed by atoms with Gasteiger partial charge in [0.15, 0.2) is 0 Å². The van der Waals surface area contributed by atoms with Crippen LogP contribution in [0.3, 0.4) is 0 Å². The molecule has 0 saturated carbocycles. The summed E-state index contributed by atoms with van der Waals surface area (Å²) in [6.07, 6.45) is 0.0654. The van der Waals surface area contributed by atoms with Crippen LogP contribution in [0.5, 0.6) is 0 Å². The van der Waals surface area contributed by atoms with Crippen LogP contribution in [0.25, 0.3) is 0 Å². The predicted molar refractivity (Wildman–Crippen MR) is 63.3 cm³/mol. The third-order valence-electron chi connectivity index (χ3n) is 2.76. The van der Waals surface area contributed by atoms with E-state index >= 15 is 0 Å². The van der Waals surface area contributed by atoms with Crippen molar-refractivity contribution in [1.29, 1.82) is 0 Å². The topological polar surface area (TPSA) is 76.1 Å². The van der Waals surface area contributed by atoms with Crippen LogP contribution in [0.4, 0.5) is 0 Å². The van der Waals surface area contributed by atoms with Crippen LogP contribution in [-0.4, -0.2) is 69.2 Å². The second-order valence-electron chi connectivity index (χ2n) is 4.22. The van der Waals surface area contributed by atoms with Gasteiger partial charge in [0, 0.05) is 26.3 Å². The van der Waals surface area contributed by atoms with Crippen LogP contribution in [0.2, 0.25) is 0 Å². The number of ether oxygens (including phenoxy) is 2. The van der Waals surface area contributed by atoms with Crippen LogP contribution in [0, 0.1) is 0 Å². The van der Waals surface area contributed by atoms with Crippen molar-refractivity contribution in [2.75, 3.05) is 39.2 Å². The minimum Gasteiger partial charge on any atom is -0.394 e. The molecule has 0 bridgehead atoms. The Hall–Kier alpha value is -0.210. The highest BCUT2D eigenvalue weighted by Crippen LogP contribution is 2.16. The number of sulfonamides is 1. The van der Waals surface area contributed by atoms with E-state index in [1.165, 1.54) is 4.31 Å². The molecule has 0 aromatic rings. The summed E-state index contributed by atoms with van der Waals surface area (Å²) < 4.78 is 35.7. The quantitative estimate of drug-likeness (QED) is 0.653. The van der Waals surface area contributed by atoms with E-state index in [9.17, 15) is 8.42 Å². The van der Waals surface area contributed by atoms with Crippen LogP contribution in [0.15, 0.2) is 0 Å². The molecule has 102 valence electrons. The molecule has 1 rings (SSSR count). The molecule has 7 heteroatoms. The van der Waals surface area contributed by atoms with Crippen molar-refractivity contribution in [2.45, 2.75) is 25.5 Å². The van der Waals surface area contributed by atoms with Crippen molar-refractivity contribution >= 4 is 10.0 Å². The van der Waals surface area contributed by atoms with Crippen molar-refractivity contribution in [3.05, 3.63) is 0 Å². The monoisotopic (exact) mass is 267 g/mol. The summed E-state index contributed by atoms with van der Waals surface area (Å²) in [4.78, 5) is 0. The highest BCUT2D eigenvalue weighted by Gasteiger charge is 2.33. The maximum Gasteiger partial charge on any atom is 0.214 e. The van der Waals surface area contributed by atoms with Gasteiger partial charge in [0.2, 0.25) is 10.0 Å². The average Bonchev–Trinajstić information content (AvgIpc) is 2.29. The van der Waals surface area contributed by atoms with E-state index in [0.29, 0.717) is 19.6 Å². The number of aliphatic hydroxyl groups is 1. The zero-order valence-electron chi connectivity index (χ0n) is 10.3. The van der Waals surface area contributed by atoms with Gasteiger partial charge >= 0.3 is 0 Å². The molecule has 0 aromatic carbocycles. The first kappa shape index (κ1) is 14.8. The van der Waals surface area contributed by atoms with Crippen LogP contribution in [0.1, 0.15) is 13.3 Å². The molecule has 0 aliphatic carbocycles. The van der Waals surface area contributed by atoms with Gasteiger partial charge in [-0.3, -0.25) is 0 Å². The number of methoxy groups -OCH3 is 1. The predicted octanol–water partition coefficient (Wildman–Crippen LogP) is -0.566. The van der Waals surface area contributed by atoms with Gasteiger partial charge < -0.3 is 14.6 Å². The highest BCUT2D eigenvalue weighted by molar-refractivity contribution is 7.89. The number of hydrogen-bond acceptors (Lipinski definition) is 5. The Kier molecular flexibility index (Phi) is 5.81. The molecule has 17 heavy (non-hydrogen) atoms. The molecule has 0 spiro atoms. The fourth-order valence-corrected chi connectivity index (χ4v) is 3.51. The molecule has 1 aliphatic heterocycles. The zero-order chi connectivity index (χ0) is 12.9. The SMILES string of the molecule is COCCCS(=O)(=O)N1CC(CO)OCC1C. The summed E-state index contributed by atoms with van der Waals surface area (Å²) >= 11 is 0. The second-order valence-corrected chi connectivity index (χ2v) is 6.26. The van der Waals surface area contributed by atoms with E-state index in [2.05, 4.69) is 0 Å². The molecule has 0 aromatic heterocycles. The van der Waals surface area contributed by atoms with E-state index in [1.54, 1.807) is 7.11 Å². The molecule has 2 atom stereocenters. The number of hydrogen-bond donors (Lipinski definition) is 1. The first-order valence-electron chi connectivity index (χ1n) is 5.72. The van der Waals surface area contributed by atoms with Crippen LogP contribution >= 0.6 is 0 Å². The smallest absolute Gasteiger partial charge is 0.214 e. The average molecular weight is 267 g/mol. The Balaban J connectivity index is 2.61. The number of nitrogens with zero attached hydrogens (tertiary/aromatic N) is 1. The fourth-order valence-electron chi connectivity index (χ4n) is 1.79. The molecule has 0 radical (unpaired) electrons. The lowest BCUT2D eigenvalue weighted by molar-refractivity contribution is -0.0516. The Morgan fingerprint density at radius 3 is 2.82 bits per heavy atom. The van der Waals surface area contributed by atoms with Gasteiger partial charge in [-0.05, 0) is 13.3 Å². The third-order valence-corrected chi connectivity index (χ3v) is 4.79. The first-order valence-corrected chi connectivity index (χ1v) is 7.33. The Morgan fingerprint density at radius 2 is 2.24 bits per heavy atom. The molecule has 1 N–H and O–H groups in total. The largest absolute Gasteiger partial charge is 0.394 e. The normalized spacial score (nSPS) is 27.2. The van der Waals surface area contributed by atoms with E-state index < -0.39 is 16.1 Å². The molecule has 1 saturated heterocycles. The van der Waals surface area contributed by atoms with Gasteiger partial charge in [0.25, 0.3) is 0 Å². The van der Waals surface area contributed by atoms with Gasteiger partial charge in [-0.2, -0.15) is 4.31 Å². The second kappa shape index (κ2) is 6.65. The van der Waals surface area contributed by atoms with Gasteiger partial charge in [0.1, 0.15) is 0 Å². The summed E-state index contributed by atoms with van der Waals surface area (Å²) in [5, 5.41) is 9.01. The molecular weight excluding hydrogens is 246 g/mol. The summed E-state index contributed by atoms with van der Waals surface area (Å²) in [6, 6.07) is -0.176. The van der Waals surface area contributed by atoms with Crippen LogP contribution < -0.4 is 0 Å². The summed E-state index contributed by atoms with van der Waals surface area (Å²) in [7, 11) is -1.74. The van der Waals surface area contributed by atoms with E-state index in [-0.39, 0.29) is 24.9 Å². The van der Waals surface area contributed by atoms with Crippen molar-refractivity contribution in [3.8, 4) is 0 Å². The van der Waals surface area contributed by atoms with Crippen molar-refractivity contribution in [2.24, 2.45) is 0 Å². The molecule has 0 amide bonds. The lowest BCUT2D eigenvalue weighted by Gasteiger charge is -2.36. The third kappa shape index (κ3) is 4.18. The standard InChI is InChI=1S/C10H21NO5S/c1-9-8-16-10(7-12)6-11(9)17(13,14)5-3-4-15-2/h9-10,12H,3-8H2,1-2H3. The lowest BCUT2D eigenvalue weighted by Crippen LogP contribution is -2.52. The Bertz CT molecular complexity index is 319. The maximum absolute atomic E-state index is 12.1. The maximum atomic E-state index is 12.1. The molecule has 1 heterocycles. The summed E-state index contributed by atoms with van der Waals surface area (Å²) in [5.41, 5.74) is 0. The number of aliphatic hydroxyl groups excluding tert-OH is 1. The van der Waals surface area contributed by atoms with E-state index in [4.69, 9.17) is 14.6 Å². The van der Waals surface area contributed by atoms with Gasteiger partial charge in [-0.15, -0.1) is 0 Å². The fraction of sp³-hybridized carbons (Fsp3) is 1.00. The Morgan fingerprint density at radius 1 is 1.53 bits per heavy atom. The van der Waals surface area contributed by atoms with Crippen molar-refractivity contribution < 1.29 is 23.0 Å². The van der Waals surface area contributed by atoms with E-state index in [1.807, 2.05) is 6.92 Å². The minimum atomic E-state index is -3.29. The van der Waals surface area contributed by atoms with Gasteiger partial charge in [-0.25, -0.2) is 8.42 Å². The lowest BCUT2D eigenvalue weighted by atomic mass is 10.2. The number of morpholine rings is 1. The molecule has 1 fully saturated rings. The van der Waals surface area contributed by atoms with Crippen molar-refractivity contribution in [3.63, 3.8) is 0 Å². The minimum absolute atomic E-state index is 0.0727. The van der Waals surface area contributed by atoms with Crippen LogP contribution in [-0.2, 0) is 19.5 Å². The highest BCUT2D eigenvalue weighted by atomic mass is 32.2. The van der Waals surface area contributed by atoms with Gasteiger partial charge in [-0.1, -0.05) is 0 Å². The first-order chi connectivity index (χ1) is 8.01. The number of rotatable bonds is 6. The molecule has 6 nitrogen and oxygen atoms in total. The van der Waals surface area contributed by atoms with E-state index in [0.717, 1.165) is 0 Å². The van der Waals surface area contributed by atoms with Gasteiger partial charge in [0.05, 0.1) is 25.1 Å².